The second-order valence-corrected chi connectivity index (χ2v) is 5.34. The van der Waals surface area contributed by atoms with Crippen LogP contribution in [-0.2, 0) is 0 Å². The lowest BCUT2D eigenvalue weighted by Crippen LogP contribution is -2.27. The number of nitrogens with zero attached hydrogens (tertiary/aromatic N) is 1. The maximum atomic E-state index is 11.7. The second-order valence-electron chi connectivity index (χ2n) is 5.34. The van der Waals surface area contributed by atoms with E-state index in [0.717, 1.165) is 6.42 Å². The number of nitrogens with one attached hydrogen (secondary N) is 1. The van der Waals surface area contributed by atoms with E-state index in [0.29, 0.717) is 17.9 Å². The minimum atomic E-state index is -1.05. The van der Waals surface area contributed by atoms with E-state index in [4.69, 9.17) is 5.11 Å². The largest absolute Gasteiger partial charge is 0.478 e. The Morgan fingerprint density at radius 3 is 2.61 bits per heavy atom. The van der Waals surface area contributed by atoms with Gasteiger partial charge in [-0.25, -0.2) is 4.79 Å². The van der Waals surface area contributed by atoms with Gasteiger partial charge in [0.2, 0.25) is 0 Å². The molecule has 5 heteroatoms. The molecule has 2 N–H and O–H groups in total. The van der Waals surface area contributed by atoms with Crippen molar-refractivity contribution in [3.8, 4) is 0 Å². The molecule has 1 aliphatic carbocycles. The van der Waals surface area contributed by atoms with Crippen LogP contribution in [0.4, 0.5) is 0 Å². The third-order valence-electron chi connectivity index (χ3n) is 3.47. The van der Waals surface area contributed by atoms with Crippen LogP contribution < -0.4 is 5.32 Å². The van der Waals surface area contributed by atoms with E-state index in [1.807, 2.05) is 0 Å². The van der Waals surface area contributed by atoms with Gasteiger partial charge < -0.3 is 10.4 Å². The first-order chi connectivity index (χ1) is 8.40. The highest BCUT2D eigenvalue weighted by atomic mass is 16.4. The summed E-state index contributed by atoms with van der Waals surface area (Å²) >= 11 is 0. The van der Waals surface area contributed by atoms with Gasteiger partial charge >= 0.3 is 5.97 Å². The average Bonchev–Trinajstić information content (AvgIpc) is 2.94. The molecule has 1 amide bonds. The summed E-state index contributed by atoms with van der Waals surface area (Å²) in [7, 11) is 0. The van der Waals surface area contributed by atoms with Crippen molar-refractivity contribution in [3.63, 3.8) is 0 Å². The number of carboxylic acids is 1. The van der Waals surface area contributed by atoms with Crippen molar-refractivity contribution in [3.05, 3.63) is 29.6 Å². The smallest absolute Gasteiger partial charge is 0.337 e. The van der Waals surface area contributed by atoms with E-state index in [1.54, 1.807) is 0 Å². The summed E-state index contributed by atoms with van der Waals surface area (Å²) in [6, 6.07) is 2.81. The predicted molar refractivity (Wildman–Crippen MR) is 65.4 cm³/mol. The van der Waals surface area contributed by atoms with Gasteiger partial charge in [0, 0.05) is 12.7 Å². The van der Waals surface area contributed by atoms with Crippen LogP contribution >= 0.6 is 0 Å². The zero-order chi connectivity index (χ0) is 13.3. The van der Waals surface area contributed by atoms with Crippen molar-refractivity contribution in [1.82, 2.24) is 10.3 Å². The van der Waals surface area contributed by atoms with Gasteiger partial charge in [0.05, 0.1) is 5.56 Å². The van der Waals surface area contributed by atoms with Crippen molar-refractivity contribution in [2.75, 3.05) is 6.54 Å². The molecule has 1 heterocycles. The van der Waals surface area contributed by atoms with Gasteiger partial charge in [0.1, 0.15) is 5.69 Å². The molecule has 1 aromatic rings. The summed E-state index contributed by atoms with van der Waals surface area (Å²) < 4.78 is 0. The third kappa shape index (κ3) is 2.67. The monoisotopic (exact) mass is 248 g/mol. The Kier molecular flexibility index (Phi) is 3.07. The van der Waals surface area contributed by atoms with Crippen molar-refractivity contribution in [1.29, 1.82) is 0 Å². The highest BCUT2D eigenvalue weighted by Gasteiger charge is 2.45. The zero-order valence-electron chi connectivity index (χ0n) is 10.4. The van der Waals surface area contributed by atoms with Gasteiger partial charge in [-0.1, -0.05) is 13.8 Å². The van der Waals surface area contributed by atoms with Gasteiger partial charge in [-0.05, 0) is 29.9 Å². The van der Waals surface area contributed by atoms with Crippen molar-refractivity contribution >= 4 is 11.9 Å². The first kappa shape index (κ1) is 12.5. The Morgan fingerprint density at radius 1 is 1.50 bits per heavy atom. The number of carbonyl (C=O) groups excluding carboxylic acids is 1. The maximum absolute atomic E-state index is 11.7. The molecule has 1 fully saturated rings. The van der Waals surface area contributed by atoms with Gasteiger partial charge in [-0.3, -0.25) is 9.78 Å². The standard InChI is InChI=1S/C13H16N2O3/c1-13(2)5-9(13)7-15-11(16)10-4-3-8(6-14-10)12(17)18/h3-4,6,9H,5,7H2,1-2H3,(H,15,16)(H,17,18). The van der Waals surface area contributed by atoms with Crippen LogP contribution in [0.1, 0.15) is 41.1 Å². The molecule has 0 radical (unpaired) electrons. The van der Waals surface area contributed by atoms with Crippen LogP contribution in [-0.4, -0.2) is 28.5 Å². The number of pyridine rings is 1. The van der Waals surface area contributed by atoms with Crippen LogP contribution in [0, 0.1) is 11.3 Å². The minimum Gasteiger partial charge on any atom is -0.478 e. The third-order valence-corrected chi connectivity index (χ3v) is 3.47. The van der Waals surface area contributed by atoms with Gasteiger partial charge in [-0.2, -0.15) is 0 Å². The Bertz CT molecular complexity index is 480. The highest BCUT2D eigenvalue weighted by molar-refractivity contribution is 5.93. The van der Waals surface area contributed by atoms with Crippen LogP contribution in [0.3, 0.4) is 0 Å². The molecule has 5 nitrogen and oxygen atoms in total. The number of hydrogen-bond donors (Lipinski definition) is 2. The van der Waals surface area contributed by atoms with Crippen molar-refractivity contribution in [2.24, 2.45) is 11.3 Å². The van der Waals surface area contributed by atoms with Crippen molar-refractivity contribution in [2.45, 2.75) is 20.3 Å². The molecule has 0 bridgehead atoms. The van der Waals surface area contributed by atoms with E-state index in [1.165, 1.54) is 18.3 Å². The lowest BCUT2D eigenvalue weighted by atomic mass is 10.1. The summed E-state index contributed by atoms with van der Waals surface area (Å²) in [5.74, 6) is -0.774. The molecule has 2 rings (SSSR count). The minimum absolute atomic E-state index is 0.0786. The quantitative estimate of drug-likeness (QED) is 0.847. The summed E-state index contributed by atoms with van der Waals surface area (Å²) in [6.45, 7) is 4.99. The SMILES string of the molecule is CC1(C)CC1CNC(=O)c1ccc(C(=O)O)cn1. The van der Waals surface area contributed by atoms with Gasteiger partial charge in [0.25, 0.3) is 5.91 Å². The maximum Gasteiger partial charge on any atom is 0.337 e. The van der Waals surface area contributed by atoms with E-state index in [-0.39, 0.29) is 17.2 Å². The number of carbonyl (C=O) groups is 2. The molecule has 1 aliphatic rings. The Hall–Kier alpha value is -1.91. The van der Waals surface area contributed by atoms with E-state index < -0.39 is 5.97 Å². The number of rotatable bonds is 4. The molecule has 96 valence electrons. The molecule has 0 spiro atoms. The van der Waals surface area contributed by atoms with E-state index in [2.05, 4.69) is 24.1 Å². The number of aromatic carboxylic acids is 1. The van der Waals surface area contributed by atoms with Crippen LogP contribution in [0.5, 0.6) is 0 Å². The fourth-order valence-electron chi connectivity index (χ4n) is 1.89. The molecular weight excluding hydrogens is 232 g/mol. The molecule has 0 aliphatic heterocycles. The number of hydrogen-bond acceptors (Lipinski definition) is 3. The lowest BCUT2D eigenvalue weighted by Gasteiger charge is -2.06. The summed E-state index contributed by atoms with van der Waals surface area (Å²) in [5, 5.41) is 11.5. The van der Waals surface area contributed by atoms with E-state index >= 15 is 0 Å². The van der Waals surface area contributed by atoms with Crippen LogP contribution in [0.15, 0.2) is 18.3 Å². The number of carboxylic acid groups (broad SMARTS) is 1. The van der Waals surface area contributed by atoms with Gasteiger partial charge in [0.15, 0.2) is 0 Å². The highest BCUT2D eigenvalue weighted by Crippen LogP contribution is 2.50. The van der Waals surface area contributed by atoms with E-state index in [9.17, 15) is 9.59 Å². The molecular formula is C13H16N2O3. The first-order valence-electron chi connectivity index (χ1n) is 5.88. The van der Waals surface area contributed by atoms with Crippen LogP contribution in [0.25, 0.3) is 0 Å². The molecule has 1 aromatic heterocycles. The molecule has 1 saturated carbocycles. The van der Waals surface area contributed by atoms with Crippen molar-refractivity contribution < 1.29 is 14.7 Å². The fourth-order valence-corrected chi connectivity index (χ4v) is 1.89. The Morgan fingerprint density at radius 2 is 2.17 bits per heavy atom. The molecule has 18 heavy (non-hydrogen) atoms. The molecule has 1 atom stereocenters. The normalized spacial score (nSPS) is 20.2. The Balaban J connectivity index is 1.91. The molecule has 0 saturated heterocycles. The second kappa shape index (κ2) is 4.40. The molecule has 0 aromatic carbocycles. The number of amides is 1. The van der Waals surface area contributed by atoms with Crippen LogP contribution in [0.2, 0.25) is 0 Å². The topological polar surface area (TPSA) is 79.3 Å². The Labute approximate surface area is 105 Å². The summed E-state index contributed by atoms with van der Waals surface area (Å²) in [4.78, 5) is 26.2. The number of aromatic nitrogens is 1. The zero-order valence-corrected chi connectivity index (χ0v) is 10.4. The molecule has 1 unspecified atom stereocenters. The van der Waals surface area contributed by atoms with Gasteiger partial charge in [-0.15, -0.1) is 0 Å². The fraction of sp³-hybridized carbons (Fsp3) is 0.462. The average molecular weight is 248 g/mol. The summed E-state index contributed by atoms with van der Waals surface area (Å²) in [6.07, 6.45) is 2.32. The predicted octanol–water partition coefficient (Wildman–Crippen LogP) is 1.56. The summed E-state index contributed by atoms with van der Waals surface area (Å²) in [5.41, 5.74) is 0.654. The lowest BCUT2D eigenvalue weighted by molar-refractivity contribution is 0.0695. The first-order valence-corrected chi connectivity index (χ1v) is 5.88.